The third kappa shape index (κ3) is 4.58. The quantitative estimate of drug-likeness (QED) is 0.566. The molecule has 6 heteroatoms. The number of anilines is 1. The molecule has 0 bridgehead atoms. The molecule has 4 nitrogen and oxygen atoms in total. The van der Waals surface area contributed by atoms with Crippen LogP contribution in [0.25, 0.3) is 6.08 Å². The van der Waals surface area contributed by atoms with Gasteiger partial charge in [0.2, 0.25) is 5.91 Å². The van der Waals surface area contributed by atoms with Gasteiger partial charge in [0.15, 0.2) is 0 Å². The smallest absolute Gasteiger partial charge is 0.265 e. The summed E-state index contributed by atoms with van der Waals surface area (Å²) in [6.07, 6.45) is 1.86. The highest BCUT2D eigenvalue weighted by Gasteiger charge is 2.30. The van der Waals surface area contributed by atoms with E-state index in [0.29, 0.717) is 16.5 Å². The van der Waals surface area contributed by atoms with Gasteiger partial charge < -0.3 is 5.32 Å². The van der Waals surface area contributed by atoms with Crippen LogP contribution in [0.2, 0.25) is 5.02 Å². The molecular formula is C24H19ClN2O2S. The van der Waals surface area contributed by atoms with Crippen molar-refractivity contribution >= 4 is 46.9 Å². The van der Waals surface area contributed by atoms with E-state index < -0.39 is 0 Å². The van der Waals surface area contributed by atoms with Gasteiger partial charge in [0, 0.05) is 16.5 Å². The minimum absolute atomic E-state index is 0.0625. The summed E-state index contributed by atoms with van der Waals surface area (Å²) >= 11 is 7.58. The molecule has 0 unspecified atom stereocenters. The molecule has 0 saturated heterocycles. The molecule has 2 amide bonds. The van der Waals surface area contributed by atoms with Gasteiger partial charge in [-0.1, -0.05) is 84.0 Å². The van der Waals surface area contributed by atoms with E-state index in [-0.39, 0.29) is 18.4 Å². The van der Waals surface area contributed by atoms with Crippen LogP contribution in [-0.4, -0.2) is 18.4 Å². The van der Waals surface area contributed by atoms with Gasteiger partial charge in [0.05, 0.1) is 10.6 Å². The van der Waals surface area contributed by atoms with Crippen LogP contribution in [0.3, 0.4) is 0 Å². The van der Waals surface area contributed by atoms with Crippen molar-refractivity contribution in [3.8, 4) is 0 Å². The maximum Gasteiger partial charge on any atom is 0.265 e. The van der Waals surface area contributed by atoms with Crippen molar-refractivity contribution in [2.75, 3.05) is 11.4 Å². The van der Waals surface area contributed by atoms with Gasteiger partial charge in [0.25, 0.3) is 5.91 Å². The molecule has 1 N–H and O–H groups in total. The summed E-state index contributed by atoms with van der Waals surface area (Å²) in [5, 5.41) is 3.46. The molecule has 3 aromatic carbocycles. The molecule has 1 aliphatic heterocycles. The lowest BCUT2D eigenvalue weighted by molar-refractivity contribution is -0.122. The molecule has 0 saturated carbocycles. The van der Waals surface area contributed by atoms with Crippen molar-refractivity contribution < 1.29 is 9.59 Å². The number of carbonyl (C=O) groups is 2. The third-order valence-electron chi connectivity index (χ3n) is 4.66. The minimum atomic E-state index is -0.246. The molecule has 0 fully saturated rings. The Balaban J connectivity index is 1.55. The lowest BCUT2D eigenvalue weighted by atomic mass is 10.2. The van der Waals surface area contributed by atoms with Crippen LogP contribution in [0.4, 0.5) is 5.69 Å². The maximum absolute atomic E-state index is 13.2. The SMILES string of the molecule is O=C(CN1C(=O)C(=Cc2ccccc2)Sc2ccccc21)NCc1ccccc1Cl. The summed E-state index contributed by atoms with van der Waals surface area (Å²) in [6.45, 7) is 0.247. The fourth-order valence-corrected chi connectivity index (χ4v) is 4.42. The topological polar surface area (TPSA) is 49.4 Å². The van der Waals surface area contributed by atoms with Crippen LogP contribution >= 0.6 is 23.4 Å². The lowest BCUT2D eigenvalue weighted by Crippen LogP contribution is -2.42. The number of hydrogen-bond acceptors (Lipinski definition) is 3. The number of amides is 2. The first-order valence-electron chi connectivity index (χ1n) is 9.47. The van der Waals surface area contributed by atoms with E-state index in [9.17, 15) is 9.59 Å². The third-order valence-corrected chi connectivity index (χ3v) is 6.11. The number of fused-ring (bicyclic) bond motifs is 1. The minimum Gasteiger partial charge on any atom is -0.350 e. The zero-order valence-electron chi connectivity index (χ0n) is 16.0. The van der Waals surface area contributed by atoms with E-state index in [1.54, 1.807) is 6.07 Å². The fraction of sp³-hybridized carbons (Fsp3) is 0.0833. The molecular weight excluding hydrogens is 416 g/mol. The van der Waals surface area contributed by atoms with E-state index >= 15 is 0 Å². The number of para-hydroxylation sites is 1. The first-order chi connectivity index (χ1) is 14.6. The van der Waals surface area contributed by atoms with E-state index in [2.05, 4.69) is 5.32 Å². The number of thioether (sulfide) groups is 1. The predicted molar refractivity (Wildman–Crippen MR) is 122 cm³/mol. The van der Waals surface area contributed by atoms with Crippen LogP contribution in [0.5, 0.6) is 0 Å². The fourth-order valence-electron chi connectivity index (χ4n) is 3.15. The van der Waals surface area contributed by atoms with Gasteiger partial charge in [-0.25, -0.2) is 0 Å². The molecule has 150 valence electrons. The number of hydrogen-bond donors (Lipinski definition) is 1. The van der Waals surface area contributed by atoms with E-state index in [4.69, 9.17) is 11.6 Å². The van der Waals surface area contributed by atoms with Gasteiger partial charge in [-0.05, 0) is 35.4 Å². The standard InChI is InChI=1S/C24H19ClN2O2S/c25-19-11-5-4-10-18(19)15-26-23(28)16-27-20-12-6-7-13-21(20)30-22(24(27)29)14-17-8-2-1-3-9-17/h1-14H,15-16H2,(H,26,28). The van der Waals surface area contributed by atoms with Crippen molar-refractivity contribution in [1.29, 1.82) is 0 Å². The molecule has 0 aromatic heterocycles. The van der Waals surface area contributed by atoms with Crippen LogP contribution in [-0.2, 0) is 16.1 Å². The molecule has 30 heavy (non-hydrogen) atoms. The monoisotopic (exact) mass is 434 g/mol. The van der Waals surface area contributed by atoms with Crippen molar-refractivity contribution in [3.05, 3.63) is 99.9 Å². The van der Waals surface area contributed by atoms with E-state index in [1.165, 1.54) is 16.7 Å². The van der Waals surface area contributed by atoms with Crippen LogP contribution in [0.15, 0.2) is 88.7 Å². The second kappa shape index (κ2) is 9.20. The first kappa shape index (κ1) is 20.3. The van der Waals surface area contributed by atoms with Gasteiger partial charge in [-0.3, -0.25) is 14.5 Å². The molecule has 0 atom stereocenters. The Hall–Kier alpha value is -3.02. The Morgan fingerprint density at radius 1 is 0.967 bits per heavy atom. The summed E-state index contributed by atoms with van der Waals surface area (Å²) in [5.74, 6) is -0.431. The average Bonchev–Trinajstić information content (AvgIpc) is 2.77. The maximum atomic E-state index is 13.2. The first-order valence-corrected chi connectivity index (χ1v) is 10.7. The molecule has 4 rings (SSSR count). The highest BCUT2D eigenvalue weighted by atomic mass is 35.5. The van der Waals surface area contributed by atoms with Gasteiger partial charge in [-0.2, -0.15) is 0 Å². The number of carbonyl (C=O) groups excluding carboxylic acids is 2. The molecule has 0 radical (unpaired) electrons. The number of halogens is 1. The van der Waals surface area contributed by atoms with Gasteiger partial charge >= 0.3 is 0 Å². The van der Waals surface area contributed by atoms with Crippen LogP contribution in [0, 0.1) is 0 Å². The van der Waals surface area contributed by atoms with Crippen molar-refractivity contribution in [3.63, 3.8) is 0 Å². The normalized spacial score (nSPS) is 14.5. The number of rotatable bonds is 5. The molecule has 0 spiro atoms. The molecule has 0 aliphatic carbocycles. The number of nitrogens with zero attached hydrogens (tertiary/aromatic N) is 1. The van der Waals surface area contributed by atoms with Crippen molar-refractivity contribution in [2.45, 2.75) is 11.4 Å². The Morgan fingerprint density at radius 3 is 2.47 bits per heavy atom. The Bertz CT molecular complexity index is 1110. The zero-order chi connectivity index (χ0) is 20.9. The second-order valence-corrected chi connectivity index (χ2v) is 8.24. The summed E-state index contributed by atoms with van der Waals surface area (Å²) in [7, 11) is 0. The highest BCUT2D eigenvalue weighted by molar-refractivity contribution is 8.04. The van der Waals surface area contributed by atoms with Crippen LogP contribution in [0.1, 0.15) is 11.1 Å². The van der Waals surface area contributed by atoms with Gasteiger partial charge in [-0.15, -0.1) is 0 Å². The Kier molecular flexibility index (Phi) is 6.21. The predicted octanol–water partition coefficient (Wildman–Crippen LogP) is 5.14. The van der Waals surface area contributed by atoms with Crippen LogP contribution < -0.4 is 10.2 Å². The lowest BCUT2D eigenvalue weighted by Gasteiger charge is -2.29. The molecule has 1 aliphatic rings. The molecule has 3 aromatic rings. The Labute approximate surface area is 184 Å². The number of benzene rings is 3. The summed E-state index contributed by atoms with van der Waals surface area (Å²) in [5.41, 5.74) is 2.51. The number of nitrogens with one attached hydrogen (secondary N) is 1. The van der Waals surface area contributed by atoms with Crippen molar-refractivity contribution in [2.24, 2.45) is 0 Å². The highest BCUT2D eigenvalue weighted by Crippen LogP contribution is 2.41. The van der Waals surface area contributed by atoms with E-state index in [1.807, 2.05) is 78.9 Å². The largest absolute Gasteiger partial charge is 0.350 e. The van der Waals surface area contributed by atoms with Crippen molar-refractivity contribution in [1.82, 2.24) is 5.32 Å². The average molecular weight is 435 g/mol. The summed E-state index contributed by atoms with van der Waals surface area (Å²) in [6, 6.07) is 24.7. The molecule has 1 heterocycles. The van der Waals surface area contributed by atoms with E-state index in [0.717, 1.165) is 21.7 Å². The second-order valence-electron chi connectivity index (χ2n) is 6.75. The zero-order valence-corrected chi connectivity index (χ0v) is 17.6. The summed E-state index contributed by atoms with van der Waals surface area (Å²) in [4.78, 5) is 28.9. The Morgan fingerprint density at radius 2 is 1.67 bits per heavy atom. The van der Waals surface area contributed by atoms with Gasteiger partial charge in [0.1, 0.15) is 6.54 Å². The summed E-state index contributed by atoms with van der Waals surface area (Å²) < 4.78 is 0.